The molecular formula is C12H16. The van der Waals surface area contributed by atoms with Crippen molar-refractivity contribution in [2.24, 2.45) is 0 Å². The smallest absolute Gasteiger partial charge is 0.0108 e. The van der Waals surface area contributed by atoms with Crippen molar-refractivity contribution in [2.45, 2.75) is 39.0 Å². The van der Waals surface area contributed by atoms with Gasteiger partial charge in [0, 0.05) is 0 Å². The van der Waals surface area contributed by atoms with Crippen LogP contribution in [0.2, 0.25) is 0 Å². The van der Waals surface area contributed by atoms with Crippen molar-refractivity contribution in [1.29, 1.82) is 0 Å². The van der Waals surface area contributed by atoms with E-state index in [1.165, 1.54) is 25.7 Å². The predicted octanol–water partition coefficient (Wildman–Crippen LogP) is 3.15. The van der Waals surface area contributed by atoms with Crippen LogP contribution >= 0.6 is 0 Å². The number of terminal acetylenes is 1. The third-order valence-electron chi connectivity index (χ3n) is 1.57. The van der Waals surface area contributed by atoms with Crippen LogP contribution in [0.1, 0.15) is 39.0 Å². The van der Waals surface area contributed by atoms with Gasteiger partial charge < -0.3 is 0 Å². The Bertz CT molecular complexity index is 204. The molecular weight excluding hydrogens is 144 g/mol. The molecule has 0 aliphatic carbocycles. The first-order chi connectivity index (χ1) is 5.91. The van der Waals surface area contributed by atoms with Crippen molar-refractivity contribution in [3.05, 3.63) is 12.2 Å². The van der Waals surface area contributed by atoms with E-state index in [1.54, 1.807) is 0 Å². The summed E-state index contributed by atoms with van der Waals surface area (Å²) in [4.78, 5) is 0. The maximum Gasteiger partial charge on any atom is -0.0108 e. The standard InChI is InChI=1S/C12H16/c1-3-5-7-9-11-12-10-8-6-4-2/h1,9,11H,4,6,8,10,12H2,2H3. The summed E-state index contributed by atoms with van der Waals surface area (Å²) in [5.74, 6) is 7.57. The van der Waals surface area contributed by atoms with Gasteiger partial charge in [0.1, 0.15) is 0 Å². The van der Waals surface area contributed by atoms with Gasteiger partial charge in [0.2, 0.25) is 0 Å². The minimum Gasteiger partial charge on any atom is -0.106 e. The molecule has 0 saturated carbocycles. The third kappa shape index (κ3) is 8.86. The molecule has 0 N–H and O–H groups in total. The number of hydrogen-bond acceptors (Lipinski definition) is 0. The zero-order valence-corrected chi connectivity index (χ0v) is 7.77. The minimum absolute atomic E-state index is 1.12. The lowest BCUT2D eigenvalue weighted by Crippen LogP contribution is -1.72. The van der Waals surface area contributed by atoms with Gasteiger partial charge in [0.25, 0.3) is 0 Å². The highest BCUT2D eigenvalue weighted by molar-refractivity contribution is 5.27. The first-order valence-corrected chi connectivity index (χ1v) is 4.53. The van der Waals surface area contributed by atoms with E-state index < -0.39 is 0 Å². The van der Waals surface area contributed by atoms with Crippen molar-refractivity contribution in [1.82, 2.24) is 0 Å². The summed E-state index contributed by atoms with van der Waals surface area (Å²) in [5.41, 5.74) is 0. The van der Waals surface area contributed by atoms with Gasteiger partial charge in [0.15, 0.2) is 0 Å². The van der Waals surface area contributed by atoms with Crippen LogP contribution in [-0.2, 0) is 0 Å². The van der Waals surface area contributed by atoms with Crippen LogP contribution in [0.4, 0.5) is 0 Å². The van der Waals surface area contributed by atoms with Gasteiger partial charge in [-0.25, -0.2) is 0 Å². The second-order valence-electron chi connectivity index (χ2n) is 2.67. The van der Waals surface area contributed by atoms with Gasteiger partial charge in [-0.1, -0.05) is 38.2 Å². The first kappa shape index (κ1) is 10.9. The lowest BCUT2D eigenvalue weighted by molar-refractivity contribution is 0.674. The normalized spacial score (nSPS) is 9.00. The van der Waals surface area contributed by atoms with Gasteiger partial charge in [-0.15, -0.1) is 6.42 Å². The summed E-state index contributed by atoms with van der Waals surface area (Å²) >= 11 is 0. The molecule has 0 unspecified atom stereocenters. The number of rotatable bonds is 5. The van der Waals surface area contributed by atoms with Crippen LogP contribution in [0, 0.1) is 24.2 Å². The zero-order chi connectivity index (χ0) is 9.07. The molecule has 0 radical (unpaired) electrons. The molecule has 0 heterocycles. The molecule has 0 aromatic carbocycles. The molecule has 0 amide bonds. The van der Waals surface area contributed by atoms with Crippen molar-refractivity contribution < 1.29 is 0 Å². The van der Waals surface area contributed by atoms with Crippen LogP contribution in [0.25, 0.3) is 0 Å². The zero-order valence-electron chi connectivity index (χ0n) is 7.77. The Balaban J connectivity index is 3.20. The maximum atomic E-state index is 4.95. The molecule has 0 aliphatic rings. The number of hydrogen-bond donors (Lipinski definition) is 0. The molecule has 0 spiro atoms. The lowest BCUT2D eigenvalue weighted by atomic mass is 10.1. The molecule has 0 nitrogen and oxygen atoms in total. The van der Waals surface area contributed by atoms with Crippen LogP contribution < -0.4 is 0 Å². The Labute approximate surface area is 76.1 Å². The molecule has 0 saturated heterocycles. The van der Waals surface area contributed by atoms with Gasteiger partial charge in [0.05, 0.1) is 0 Å². The van der Waals surface area contributed by atoms with Gasteiger partial charge in [-0.05, 0) is 30.8 Å². The summed E-state index contributed by atoms with van der Waals surface area (Å²) in [5, 5.41) is 0. The van der Waals surface area contributed by atoms with Crippen molar-refractivity contribution in [2.75, 3.05) is 0 Å². The maximum absolute atomic E-state index is 4.95. The average molecular weight is 160 g/mol. The van der Waals surface area contributed by atoms with E-state index in [0.717, 1.165) is 6.42 Å². The fourth-order valence-corrected chi connectivity index (χ4v) is 0.915. The summed E-state index contributed by atoms with van der Waals surface area (Å²) in [6, 6.07) is 0. The van der Waals surface area contributed by atoms with Crippen LogP contribution in [0.15, 0.2) is 12.2 Å². The fourth-order valence-electron chi connectivity index (χ4n) is 0.915. The highest BCUT2D eigenvalue weighted by Gasteiger charge is 1.82. The molecule has 0 atom stereocenters. The van der Waals surface area contributed by atoms with Crippen molar-refractivity contribution in [3.8, 4) is 24.2 Å². The number of allylic oxidation sites excluding steroid dienone is 2. The molecule has 0 aromatic rings. The SMILES string of the molecule is C#CC#CC=CCCCCCC. The monoisotopic (exact) mass is 160 g/mol. The quantitative estimate of drug-likeness (QED) is 0.428. The Morgan fingerprint density at radius 1 is 1.25 bits per heavy atom. The Kier molecular flexibility index (Phi) is 8.92. The molecule has 0 rings (SSSR count). The fraction of sp³-hybridized carbons (Fsp3) is 0.500. The van der Waals surface area contributed by atoms with Crippen molar-refractivity contribution in [3.63, 3.8) is 0 Å². The Morgan fingerprint density at radius 2 is 2.08 bits per heavy atom. The Morgan fingerprint density at radius 3 is 2.75 bits per heavy atom. The summed E-state index contributed by atoms with van der Waals surface area (Å²) in [7, 11) is 0. The van der Waals surface area contributed by atoms with E-state index in [2.05, 4.69) is 30.8 Å². The first-order valence-electron chi connectivity index (χ1n) is 4.53. The largest absolute Gasteiger partial charge is 0.106 e. The summed E-state index contributed by atoms with van der Waals surface area (Å²) in [6.07, 6.45) is 15.2. The average Bonchev–Trinajstić information content (AvgIpc) is 2.10. The van der Waals surface area contributed by atoms with E-state index in [4.69, 9.17) is 6.42 Å². The molecule has 12 heavy (non-hydrogen) atoms. The second-order valence-corrected chi connectivity index (χ2v) is 2.67. The third-order valence-corrected chi connectivity index (χ3v) is 1.57. The topological polar surface area (TPSA) is 0 Å². The summed E-state index contributed by atoms with van der Waals surface area (Å²) < 4.78 is 0. The number of unbranched alkanes of at least 4 members (excludes halogenated alkanes) is 4. The van der Waals surface area contributed by atoms with Gasteiger partial charge >= 0.3 is 0 Å². The predicted molar refractivity (Wildman–Crippen MR) is 54.5 cm³/mol. The molecule has 0 aromatic heterocycles. The van der Waals surface area contributed by atoms with E-state index in [0.29, 0.717) is 0 Å². The highest BCUT2D eigenvalue weighted by atomic mass is 13.9. The minimum atomic E-state index is 1.12. The molecule has 64 valence electrons. The summed E-state index contributed by atoms with van der Waals surface area (Å²) in [6.45, 7) is 2.22. The molecule has 0 fully saturated rings. The van der Waals surface area contributed by atoms with Gasteiger partial charge in [-0.2, -0.15) is 0 Å². The molecule has 0 aliphatic heterocycles. The van der Waals surface area contributed by atoms with E-state index >= 15 is 0 Å². The van der Waals surface area contributed by atoms with Crippen LogP contribution in [0.3, 0.4) is 0 Å². The second kappa shape index (κ2) is 9.86. The van der Waals surface area contributed by atoms with E-state index in [1.807, 2.05) is 6.08 Å². The molecule has 0 heteroatoms. The van der Waals surface area contributed by atoms with Crippen molar-refractivity contribution >= 4 is 0 Å². The van der Waals surface area contributed by atoms with E-state index in [9.17, 15) is 0 Å². The van der Waals surface area contributed by atoms with Crippen LogP contribution in [0.5, 0.6) is 0 Å². The van der Waals surface area contributed by atoms with Crippen LogP contribution in [-0.4, -0.2) is 0 Å². The van der Waals surface area contributed by atoms with E-state index in [-0.39, 0.29) is 0 Å². The molecule has 0 bridgehead atoms. The lowest BCUT2D eigenvalue weighted by Gasteiger charge is -1.92. The Hall–Kier alpha value is -1.14. The highest BCUT2D eigenvalue weighted by Crippen LogP contribution is 2.02. The van der Waals surface area contributed by atoms with Gasteiger partial charge in [-0.3, -0.25) is 0 Å².